The van der Waals surface area contributed by atoms with Crippen molar-refractivity contribution < 1.29 is 18.8 Å². The molecule has 1 aliphatic heterocycles. The minimum absolute atomic E-state index is 0.0345. The van der Waals surface area contributed by atoms with Crippen molar-refractivity contribution in [1.82, 2.24) is 9.88 Å². The normalized spacial score (nSPS) is 15.0. The summed E-state index contributed by atoms with van der Waals surface area (Å²) in [6.45, 7) is 1.94. The molecule has 5 rings (SSSR count). The van der Waals surface area contributed by atoms with Gasteiger partial charge in [0.25, 0.3) is 11.8 Å². The molecule has 0 saturated carbocycles. The fraction of sp³-hybridized carbons (Fsp3) is 0.0357. The van der Waals surface area contributed by atoms with Crippen molar-refractivity contribution in [3.63, 3.8) is 0 Å². The van der Waals surface area contributed by atoms with E-state index in [-0.39, 0.29) is 11.3 Å². The van der Waals surface area contributed by atoms with E-state index in [1.165, 1.54) is 24.3 Å². The number of carbonyl (C=O) groups excluding carboxylic acids is 3. The highest BCUT2D eigenvalue weighted by atomic mass is 19.1. The maximum absolute atomic E-state index is 13.8. The Balaban J connectivity index is 1.68. The van der Waals surface area contributed by atoms with Crippen LogP contribution in [-0.2, 0) is 9.59 Å². The van der Waals surface area contributed by atoms with Crippen LogP contribution in [0, 0.1) is 12.7 Å². The van der Waals surface area contributed by atoms with Gasteiger partial charge in [-0.1, -0.05) is 54.6 Å². The van der Waals surface area contributed by atoms with Gasteiger partial charge in [-0.15, -0.1) is 0 Å². The van der Waals surface area contributed by atoms with E-state index in [1.54, 1.807) is 0 Å². The lowest BCUT2D eigenvalue weighted by molar-refractivity contribution is -0.122. The maximum atomic E-state index is 13.8. The third kappa shape index (κ3) is 4.04. The lowest BCUT2D eigenvalue weighted by atomic mass is 10.0. The number of aryl methyl sites for hydroxylation is 1. The summed E-state index contributed by atoms with van der Waals surface area (Å²) in [6, 6.07) is 25.4. The lowest BCUT2D eigenvalue weighted by Crippen LogP contribution is -2.54. The third-order valence-corrected chi connectivity index (χ3v) is 5.74. The number of hydrogen-bond donors (Lipinski definition) is 1. The number of aromatic nitrogens is 1. The highest BCUT2D eigenvalue weighted by Gasteiger charge is 2.37. The van der Waals surface area contributed by atoms with Crippen LogP contribution in [-0.4, -0.2) is 22.4 Å². The van der Waals surface area contributed by atoms with Crippen LogP contribution in [0.1, 0.15) is 11.3 Å². The van der Waals surface area contributed by atoms with E-state index in [0.29, 0.717) is 5.56 Å². The van der Waals surface area contributed by atoms with Crippen LogP contribution in [0.15, 0.2) is 96.6 Å². The summed E-state index contributed by atoms with van der Waals surface area (Å²) >= 11 is 0. The molecule has 7 heteroatoms. The fourth-order valence-electron chi connectivity index (χ4n) is 4.24. The summed E-state index contributed by atoms with van der Waals surface area (Å²) in [5, 5.41) is 2.19. The number of urea groups is 1. The summed E-state index contributed by atoms with van der Waals surface area (Å²) in [7, 11) is 0. The van der Waals surface area contributed by atoms with Crippen molar-refractivity contribution in [3.05, 3.63) is 114 Å². The van der Waals surface area contributed by atoms with Gasteiger partial charge in [-0.2, -0.15) is 0 Å². The Hall–Kier alpha value is -4.78. The Morgan fingerprint density at radius 2 is 1.46 bits per heavy atom. The number of nitrogens with one attached hydrogen (secondary N) is 1. The van der Waals surface area contributed by atoms with Crippen LogP contribution in [0.3, 0.4) is 0 Å². The molecule has 0 radical (unpaired) electrons. The first-order valence-electron chi connectivity index (χ1n) is 10.9. The van der Waals surface area contributed by atoms with Gasteiger partial charge in [-0.05, 0) is 55.0 Å². The topological polar surface area (TPSA) is 71.4 Å². The second-order valence-corrected chi connectivity index (χ2v) is 8.06. The SMILES string of the molecule is Cc1cc(/C=C2\C(=O)NC(=O)N(c3cccc(F)c3)C2=O)c(-c2ccccc2)n1-c1ccccc1. The standard InChI is InChI=1S/C28H20FN3O3/c1-18-15-20(25(19-9-4-2-5-10-19)31(18)22-12-6-3-7-13-22)16-24-26(33)30-28(35)32(27(24)34)23-14-8-11-21(29)17-23/h2-17H,1H3,(H,30,33,35)/b24-16+. The van der Waals surface area contributed by atoms with Gasteiger partial charge >= 0.3 is 6.03 Å². The van der Waals surface area contributed by atoms with Crippen molar-refractivity contribution in [1.29, 1.82) is 0 Å². The number of halogens is 1. The predicted molar refractivity (Wildman–Crippen MR) is 131 cm³/mol. The first-order valence-corrected chi connectivity index (χ1v) is 10.9. The summed E-state index contributed by atoms with van der Waals surface area (Å²) in [5.74, 6) is -2.24. The number of amides is 4. The van der Waals surface area contributed by atoms with Crippen molar-refractivity contribution in [3.8, 4) is 16.9 Å². The molecule has 4 amide bonds. The average Bonchev–Trinajstić information content (AvgIpc) is 3.18. The predicted octanol–water partition coefficient (Wildman–Crippen LogP) is 5.26. The minimum atomic E-state index is -0.927. The van der Waals surface area contributed by atoms with Gasteiger partial charge in [0.1, 0.15) is 11.4 Å². The highest BCUT2D eigenvalue weighted by Crippen LogP contribution is 2.33. The number of anilines is 1. The molecule has 1 aromatic heterocycles. The number of para-hydroxylation sites is 1. The molecule has 4 aromatic rings. The quantitative estimate of drug-likeness (QED) is 0.330. The first-order chi connectivity index (χ1) is 16.9. The van der Waals surface area contributed by atoms with E-state index < -0.39 is 23.7 Å². The Bertz CT molecular complexity index is 1490. The fourth-order valence-corrected chi connectivity index (χ4v) is 4.24. The number of barbiturate groups is 1. The van der Waals surface area contributed by atoms with Gasteiger partial charge in [0.05, 0.1) is 11.4 Å². The van der Waals surface area contributed by atoms with Gasteiger partial charge in [0.15, 0.2) is 0 Å². The molecule has 0 unspecified atom stereocenters. The molecule has 1 aliphatic rings. The minimum Gasteiger partial charge on any atom is -0.313 e. The van der Waals surface area contributed by atoms with Crippen LogP contribution in [0.4, 0.5) is 14.9 Å². The zero-order chi connectivity index (χ0) is 24.5. The molecule has 0 atom stereocenters. The summed E-state index contributed by atoms with van der Waals surface area (Å²) in [6.07, 6.45) is 1.48. The van der Waals surface area contributed by atoms with Crippen molar-refractivity contribution in [2.45, 2.75) is 6.92 Å². The Labute approximate surface area is 200 Å². The molecule has 1 fully saturated rings. The van der Waals surface area contributed by atoms with Gasteiger partial charge in [0, 0.05) is 16.9 Å². The van der Waals surface area contributed by atoms with Crippen LogP contribution in [0.5, 0.6) is 0 Å². The summed E-state index contributed by atoms with van der Waals surface area (Å²) < 4.78 is 15.8. The summed E-state index contributed by atoms with van der Waals surface area (Å²) in [5.41, 5.74) is 3.93. The molecule has 172 valence electrons. The monoisotopic (exact) mass is 465 g/mol. The molecule has 35 heavy (non-hydrogen) atoms. The zero-order valence-electron chi connectivity index (χ0n) is 18.7. The van der Waals surface area contributed by atoms with Gasteiger partial charge in [-0.25, -0.2) is 14.1 Å². The van der Waals surface area contributed by atoms with E-state index >= 15 is 0 Å². The molecule has 2 heterocycles. The van der Waals surface area contributed by atoms with E-state index in [4.69, 9.17) is 0 Å². The average molecular weight is 465 g/mol. The number of imide groups is 2. The molecule has 0 aliphatic carbocycles. The second kappa shape index (κ2) is 8.87. The van der Waals surface area contributed by atoms with Gasteiger partial charge in [0.2, 0.25) is 0 Å². The smallest absolute Gasteiger partial charge is 0.313 e. The van der Waals surface area contributed by atoms with E-state index in [9.17, 15) is 18.8 Å². The van der Waals surface area contributed by atoms with Crippen LogP contribution in [0.25, 0.3) is 23.0 Å². The molecule has 3 aromatic carbocycles. The zero-order valence-corrected chi connectivity index (χ0v) is 18.7. The van der Waals surface area contributed by atoms with Crippen LogP contribution < -0.4 is 10.2 Å². The van der Waals surface area contributed by atoms with Crippen molar-refractivity contribution in [2.24, 2.45) is 0 Å². The Kier molecular flexibility index (Phi) is 5.58. The third-order valence-electron chi connectivity index (χ3n) is 5.74. The summed E-state index contributed by atoms with van der Waals surface area (Å²) in [4.78, 5) is 39.3. The van der Waals surface area contributed by atoms with Crippen molar-refractivity contribution in [2.75, 3.05) is 4.90 Å². The number of carbonyl (C=O) groups is 3. The largest absolute Gasteiger partial charge is 0.335 e. The molecule has 6 nitrogen and oxygen atoms in total. The molecule has 0 spiro atoms. The first kappa shape index (κ1) is 22.0. The maximum Gasteiger partial charge on any atom is 0.335 e. The number of benzene rings is 3. The number of nitrogens with zero attached hydrogens (tertiary/aromatic N) is 2. The highest BCUT2D eigenvalue weighted by molar-refractivity contribution is 6.39. The molecule has 0 bridgehead atoms. The van der Waals surface area contributed by atoms with E-state index in [2.05, 4.69) is 5.32 Å². The van der Waals surface area contributed by atoms with E-state index in [0.717, 1.165) is 33.6 Å². The second-order valence-electron chi connectivity index (χ2n) is 8.06. The molecule has 1 saturated heterocycles. The molecular weight excluding hydrogens is 445 g/mol. The van der Waals surface area contributed by atoms with Crippen LogP contribution >= 0.6 is 0 Å². The Morgan fingerprint density at radius 3 is 2.14 bits per heavy atom. The van der Waals surface area contributed by atoms with E-state index in [1.807, 2.05) is 78.2 Å². The van der Waals surface area contributed by atoms with Crippen LogP contribution in [0.2, 0.25) is 0 Å². The Morgan fingerprint density at radius 1 is 0.800 bits per heavy atom. The number of hydrogen-bond acceptors (Lipinski definition) is 3. The number of rotatable bonds is 4. The van der Waals surface area contributed by atoms with Gasteiger partial charge in [-0.3, -0.25) is 14.9 Å². The van der Waals surface area contributed by atoms with Crippen molar-refractivity contribution >= 4 is 29.6 Å². The molecule has 1 N–H and O–H groups in total. The molecular formula is C28H20FN3O3. The van der Waals surface area contributed by atoms with Gasteiger partial charge < -0.3 is 4.57 Å². The lowest BCUT2D eigenvalue weighted by Gasteiger charge is -2.26.